The number of benzene rings is 1. The lowest BCUT2D eigenvalue weighted by Crippen LogP contribution is -2.45. The van der Waals surface area contributed by atoms with E-state index in [1.54, 1.807) is 18.3 Å². The Bertz CT molecular complexity index is 1300. The summed E-state index contributed by atoms with van der Waals surface area (Å²) in [6.45, 7) is 13.5. The van der Waals surface area contributed by atoms with Crippen molar-refractivity contribution >= 4 is 12.0 Å². The third-order valence-corrected chi connectivity index (χ3v) is 6.37. The highest BCUT2D eigenvalue weighted by Gasteiger charge is 2.36. The van der Waals surface area contributed by atoms with Gasteiger partial charge in [0.1, 0.15) is 11.4 Å². The Labute approximate surface area is 230 Å². The lowest BCUT2D eigenvalue weighted by Gasteiger charge is -2.39. The standard InChI is InChI=1S/C32H39FN2O4/c1-21(2)35-20-26(27-10-8-9-17-34-27)30(22-11-13-23(33)14-12-22)28(35)16-15-24-18-25(38-32(6,7)37-24)19-29(36)39-31(3,4)5/h8-17,20-21,24-25H,18-19H2,1-7H3/b16-15+. The molecular weight excluding hydrogens is 495 g/mol. The predicted octanol–water partition coefficient (Wildman–Crippen LogP) is 7.59. The molecule has 7 heteroatoms. The maximum atomic E-state index is 13.8. The first kappa shape index (κ1) is 28.7. The SMILES string of the molecule is CC(C)n1cc(-c2ccccn2)c(-c2ccc(F)cc2)c1/C=C/C1CC(CC(=O)OC(C)(C)C)OC(C)(C)O1. The molecule has 0 aliphatic carbocycles. The second-order valence-corrected chi connectivity index (χ2v) is 11.7. The molecule has 39 heavy (non-hydrogen) atoms. The maximum absolute atomic E-state index is 13.8. The highest BCUT2D eigenvalue weighted by Crippen LogP contribution is 2.39. The summed E-state index contributed by atoms with van der Waals surface area (Å²) >= 11 is 0. The van der Waals surface area contributed by atoms with E-state index in [9.17, 15) is 9.18 Å². The van der Waals surface area contributed by atoms with E-state index in [1.807, 2.05) is 58.9 Å². The number of aromatic nitrogens is 2. The Morgan fingerprint density at radius 2 is 1.90 bits per heavy atom. The highest BCUT2D eigenvalue weighted by atomic mass is 19.1. The van der Waals surface area contributed by atoms with Crippen molar-refractivity contribution in [2.45, 2.75) is 90.9 Å². The van der Waals surface area contributed by atoms with E-state index in [1.165, 1.54) is 12.1 Å². The fourth-order valence-electron chi connectivity index (χ4n) is 4.93. The van der Waals surface area contributed by atoms with Gasteiger partial charge in [0.15, 0.2) is 5.79 Å². The second kappa shape index (κ2) is 11.4. The van der Waals surface area contributed by atoms with Crippen LogP contribution in [0.2, 0.25) is 0 Å². The lowest BCUT2D eigenvalue weighted by atomic mass is 9.98. The summed E-state index contributed by atoms with van der Waals surface area (Å²) < 4.78 is 33.9. The molecule has 0 saturated carbocycles. The van der Waals surface area contributed by atoms with E-state index >= 15 is 0 Å². The number of esters is 1. The molecule has 0 amide bonds. The number of halogens is 1. The molecule has 1 aromatic carbocycles. The topological polar surface area (TPSA) is 62.6 Å². The Hall–Kier alpha value is -3.29. The van der Waals surface area contributed by atoms with Crippen molar-refractivity contribution in [3.63, 3.8) is 0 Å². The minimum Gasteiger partial charge on any atom is -0.460 e. The van der Waals surface area contributed by atoms with Gasteiger partial charge in [-0.2, -0.15) is 0 Å². The Balaban J connectivity index is 1.71. The van der Waals surface area contributed by atoms with Gasteiger partial charge in [-0.05, 0) is 84.4 Å². The minimum atomic E-state index is -0.862. The van der Waals surface area contributed by atoms with Crippen molar-refractivity contribution < 1.29 is 23.4 Å². The summed E-state index contributed by atoms with van der Waals surface area (Å²) in [7, 11) is 0. The van der Waals surface area contributed by atoms with E-state index in [4.69, 9.17) is 14.2 Å². The highest BCUT2D eigenvalue weighted by molar-refractivity contribution is 5.88. The van der Waals surface area contributed by atoms with E-state index in [0.717, 1.165) is 28.1 Å². The molecule has 1 fully saturated rings. The second-order valence-electron chi connectivity index (χ2n) is 11.7. The number of rotatable bonds is 7. The summed E-state index contributed by atoms with van der Waals surface area (Å²) in [5.74, 6) is -1.44. The molecule has 2 unspecified atom stereocenters. The van der Waals surface area contributed by atoms with Gasteiger partial charge in [0, 0.05) is 41.7 Å². The van der Waals surface area contributed by atoms with Crippen molar-refractivity contribution in [2.75, 3.05) is 0 Å². The van der Waals surface area contributed by atoms with Gasteiger partial charge in [-0.3, -0.25) is 9.78 Å². The molecule has 3 aromatic rings. The van der Waals surface area contributed by atoms with E-state index in [-0.39, 0.29) is 36.5 Å². The number of ether oxygens (including phenoxy) is 3. The van der Waals surface area contributed by atoms with Gasteiger partial charge in [-0.15, -0.1) is 0 Å². The molecule has 6 nitrogen and oxygen atoms in total. The van der Waals surface area contributed by atoms with Crippen LogP contribution in [0.15, 0.2) is 60.9 Å². The molecule has 2 atom stereocenters. The zero-order valence-electron chi connectivity index (χ0n) is 23.9. The predicted molar refractivity (Wildman–Crippen MR) is 151 cm³/mol. The fourth-order valence-corrected chi connectivity index (χ4v) is 4.93. The van der Waals surface area contributed by atoms with E-state index < -0.39 is 11.4 Å². The van der Waals surface area contributed by atoms with Gasteiger partial charge in [0.25, 0.3) is 0 Å². The van der Waals surface area contributed by atoms with Crippen LogP contribution in [0.25, 0.3) is 28.5 Å². The molecule has 1 saturated heterocycles. The summed E-state index contributed by atoms with van der Waals surface area (Å²) in [6.07, 6.45) is 8.01. The van der Waals surface area contributed by atoms with Crippen LogP contribution < -0.4 is 0 Å². The van der Waals surface area contributed by atoms with Crippen LogP contribution in [-0.4, -0.2) is 39.1 Å². The largest absolute Gasteiger partial charge is 0.460 e. The van der Waals surface area contributed by atoms with Crippen LogP contribution in [0.1, 0.15) is 73.0 Å². The van der Waals surface area contributed by atoms with Gasteiger partial charge in [0.2, 0.25) is 0 Å². The molecule has 0 radical (unpaired) electrons. The van der Waals surface area contributed by atoms with Crippen molar-refractivity contribution in [3.05, 3.63) is 72.4 Å². The molecule has 1 aliphatic heterocycles. The van der Waals surface area contributed by atoms with Crippen LogP contribution in [0, 0.1) is 5.82 Å². The molecule has 208 valence electrons. The molecule has 4 rings (SSSR count). The van der Waals surface area contributed by atoms with Crippen LogP contribution >= 0.6 is 0 Å². The average Bonchev–Trinajstić information content (AvgIpc) is 3.21. The Kier molecular flexibility index (Phi) is 8.42. The maximum Gasteiger partial charge on any atom is 0.308 e. The molecule has 0 N–H and O–H groups in total. The normalized spacial score (nSPS) is 19.5. The first-order valence-electron chi connectivity index (χ1n) is 13.5. The number of hydrogen-bond donors (Lipinski definition) is 0. The van der Waals surface area contributed by atoms with E-state index in [0.29, 0.717) is 6.42 Å². The zero-order valence-corrected chi connectivity index (χ0v) is 23.9. The summed E-state index contributed by atoms with van der Waals surface area (Å²) in [5.41, 5.74) is 4.08. The minimum absolute atomic E-state index is 0.154. The Morgan fingerprint density at radius 1 is 1.18 bits per heavy atom. The number of hydrogen-bond acceptors (Lipinski definition) is 5. The van der Waals surface area contributed by atoms with Crippen molar-refractivity contribution in [3.8, 4) is 22.4 Å². The molecule has 2 aromatic heterocycles. The molecule has 0 spiro atoms. The van der Waals surface area contributed by atoms with Crippen LogP contribution in [0.5, 0.6) is 0 Å². The first-order valence-corrected chi connectivity index (χ1v) is 13.5. The summed E-state index contributed by atoms with van der Waals surface area (Å²) in [6, 6.07) is 12.5. The van der Waals surface area contributed by atoms with Gasteiger partial charge in [-0.1, -0.05) is 24.3 Å². The fraction of sp³-hybridized carbons (Fsp3) is 0.438. The van der Waals surface area contributed by atoms with Crippen molar-refractivity contribution in [1.82, 2.24) is 9.55 Å². The lowest BCUT2D eigenvalue weighted by molar-refractivity contribution is -0.290. The third-order valence-electron chi connectivity index (χ3n) is 6.37. The van der Waals surface area contributed by atoms with Crippen LogP contribution in [-0.2, 0) is 19.0 Å². The van der Waals surface area contributed by atoms with Crippen LogP contribution in [0.3, 0.4) is 0 Å². The average molecular weight is 535 g/mol. The van der Waals surface area contributed by atoms with Gasteiger partial charge >= 0.3 is 5.97 Å². The van der Waals surface area contributed by atoms with Gasteiger partial charge in [0.05, 0.1) is 24.3 Å². The zero-order chi connectivity index (χ0) is 28.4. The molecule has 1 aliphatic rings. The monoisotopic (exact) mass is 534 g/mol. The quantitative estimate of drug-likeness (QED) is 0.292. The van der Waals surface area contributed by atoms with Gasteiger partial charge in [-0.25, -0.2) is 4.39 Å². The van der Waals surface area contributed by atoms with Crippen molar-refractivity contribution in [1.29, 1.82) is 0 Å². The number of pyridine rings is 1. The molecule has 0 bridgehead atoms. The number of carbonyl (C=O) groups is 1. The van der Waals surface area contributed by atoms with Crippen molar-refractivity contribution in [2.24, 2.45) is 0 Å². The molecular formula is C32H39FN2O4. The van der Waals surface area contributed by atoms with E-state index in [2.05, 4.69) is 35.7 Å². The Morgan fingerprint density at radius 3 is 2.51 bits per heavy atom. The summed E-state index contributed by atoms with van der Waals surface area (Å²) in [5, 5.41) is 0. The molecule has 3 heterocycles. The smallest absolute Gasteiger partial charge is 0.308 e. The number of nitrogens with zero attached hydrogens (tertiary/aromatic N) is 2. The van der Waals surface area contributed by atoms with Crippen LogP contribution in [0.4, 0.5) is 4.39 Å². The summed E-state index contributed by atoms with van der Waals surface area (Å²) in [4.78, 5) is 17.1. The number of carbonyl (C=O) groups excluding carboxylic acids is 1. The first-order chi connectivity index (χ1) is 18.3. The van der Waals surface area contributed by atoms with Gasteiger partial charge < -0.3 is 18.8 Å². The third kappa shape index (κ3) is 7.43.